The first-order chi connectivity index (χ1) is 13.5. The second-order valence-electron chi connectivity index (χ2n) is 6.35. The highest BCUT2D eigenvalue weighted by atomic mass is 16.5. The summed E-state index contributed by atoms with van der Waals surface area (Å²) < 4.78 is 6.19. The van der Waals surface area contributed by atoms with Gasteiger partial charge in [-0.05, 0) is 37.0 Å². The molecule has 0 saturated heterocycles. The monoisotopic (exact) mass is 378 g/mol. The summed E-state index contributed by atoms with van der Waals surface area (Å²) in [6.45, 7) is 3.76. The van der Waals surface area contributed by atoms with Gasteiger partial charge in [0.1, 0.15) is 5.82 Å². The molecule has 1 aromatic heterocycles. The SMILES string of the molecule is CCOC(=O)c1nc(C)n(CCc2ccc(-c3ccccc3)cc2)c(=O)c1O. The average molecular weight is 378 g/mol. The van der Waals surface area contributed by atoms with Gasteiger partial charge in [0.2, 0.25) is 5.75 Å². The van der Waals surface area contributed by atoms with Gasteiger partial charge in [-0.25, -0.2) is 9.78 Å². The van der Waals surface area contributed by atoms with Crippen LogP contribution < -0.4 is 5.56 Å². The molecule has 6 nitrogen and oxygen atoms in total. The Labute approximate surface area is 163 Å². The predicted molar refractivity (Wildman–Crippen MR) is 106 cm³/mol. The number of carbonyl (C=O) groups excluding carboxylic acids is 1. The average Bonchev–Trinajstić information content (AvgIpc) is 2.72. The molecule has 0 aliphatic heterocycles. The Hall–Kier alpha value is -3.41. The Kier molecular flexibility index (Phi) is 5.89. The largest absolute Gasteiger partial charge is 0.501 e. The van der Waals surface area contributed by atoms with Crippen LogP contribution in [0.5, 0.6) is 5.75 Å². The first-order valence-corrected chi connectivity index (χ1v) is 9.13. The lowest BCUT2D eigenvalue weighted by molar-refractivity contribution is 0.0514. The maximum Gasteiger partial charge on any atom is 0.361 e. The molecule has 6 heteroatoms. The molecule has 144 valence electrons. The van der Waals surface area contributed by atoms with Crippen molar-refractivity contribution in [3.63, 3.8) is 0 Å². The van der Waals surface area contributed by atoms with Crippen LogP contribution in [0.2, 0.25) is 0 Å². The number of ether oxygens (including phenoxy) is 1. The smallest absolute Gasteiger partial charge is 0.361 e. The fourth-order valence-corrected chi connectivity index (χ4v) is 2.99. The number of carbonyl (C=O) groups is 1. The van der Waals surface area contributed by atoms with E-state index in [9.17, 15) is 14.7 Å². The quantitative estimate of drug-likeness (QED) is 0.665. The van der Waals surface area contributed by atoms with Crippen LogP contribution in [0.4, 0.5) is 0 Å². The second-order valence-corrected chi connectivity index (χ2v) is 6.35. The number of rotatable bonds is 6. The second kappa shape index (κ2) is 8.52. The van der Waals surface area contributed by atoms with E-state index in [0.717, 1.165) is 16.7 Å². The van der Waals surface area contributed by atoms with Gasteiger partial charge in [-0.15, -0.1) is 0 Å². The zero-order chi connectivity index (χ0) is 20.1. The molecule has 0 radical (unpaired) electrons. The Balaban J connectivity index is 1.77. The minimum absolute atomic E-state index is 0.140. The van der Waals surface area contributed by atoms with Crippen molar-refractivity contribution in [3.05, 3.63) is 82.0 Å². The van der Waals surface area contributed by atoms with E-state index >= 15 is 0 Å². The van der Waals surface area contributed by atoms with Gasteiger partial charge < -0.3 is 9.84 Å². The van der Waals surface area contributed by atoms with Gasteiger partial charge in [-0.1, -0.05) is 54.6 Å². The highest BCUT2D eigenvalue weighted by Gasteiger charge is 2.20. The third-order valence-corrected chi connectivity index (χ3v) is 4.49. The van der Waals surface area contributed by atoms with Crippen LogP contribution in [-0.2, 0) is 17.7 Å². The van der Waals surface area contributed by atoms with E-state index in [1.807, 2.05) is 42.5 Å². The fraction of sp³-hybridized carbons (Fsp3) is 0.227. The summed E-state index contributed by atoms with van der Waals surface area (Å²) >= 11 is 0. The van der Waals surface area contributed by atoms with Gasteiger partial charge in [-0.2, -0.15) is 0 Å². The Bertz CT molecular complexity index is 1020. The molecule has 0 saturated carbocycles. The van der Waals surface area contributed by atoms with Gasteiger partial charge in [0.05, 0.1) is 6.61 Å². The lowest BCUT2D eigenvalue weighted by atomic mass is 10.0. The van der Waals surface area contributed by atoms with Crippen molar-refractivity contribution in [1.82, 2.24) is 9.55 Å². The van der Waals surface area contributed by atoms with Crippen LogP contribution >= 0.6 is 0 Å². The van der Waals surface area contributed by atoms with Crippen molar-refractivity contribution < 1.29 is 14.6 Å². The summed E-state index contributed by atoms with van der Waals surface area (Å²) in [5.74, 6) is -1.13. The molecule has 28 heavy (non-hydrogen) atoms. The molecule has 1 N–H and O–H groups in total. The molecule has 0 bridgehead atoms. The summed E-state index contributed by atoms with van der Waals surface area (Å²) in [5, 5.41) is 10.1. The Morgan fingerprint density at radius 3 is 2.36 bits per heavy atom. The van der Waals surface area contributed by atoms with Crippen molar-refractivity contribution >= 4 is 5.97 Å². The van der Waals surface area contributed by atoms with E-state index in [2.05, 4.69) is 17.1 Å². The van der Waals surface area contributed by atoms with Crippen molar-refractivity contribution in [2.45, 2.75) is 26.8 Å². The van der Waals surface area contributed by atoms with Crippen molar-refractivity contribution in [3.8, 4) is 16.9 Å². The minimum atomic E-state index is -0.802. The van der Waals surface area contributed by atoms with E-state index in [4.69, 9.17) is 4.74 Å². The molecule has 0 aliphatic carbocycles. The van der Waals surface area contributed by atoms with E-state index in [1.165, 1.54) is 4.57 Å². The van der Waals surface area contributed by atoms with Crippen molar-refractivity contribution in [1.29, 1.82) is 0 Å². The molecule has 0 atom stereocenters. The van der Waals surface area contributed by atoms with Gasteiger partial charge in [0, 0.05) is 6.54 Å². The van der Waals surface area contributed by atoms with Crippen molar-refractivity contribution in [2.75, 3.05) is 6.61 Å². The highest BCUT2D eigenvalue weighted by Crippen LogP contribution is 2.19. The van der Waals surface area contributed by atoms with Crippen LogP contribution in [0, 0.1) is 6.92 Å². The molecule has 0 unspecified atom stereocenters. The molecular formula is C22H22N2O4. The van der Waals surface area contributed by atoms with Gasteiger partial charge >= 0.3 is 5.97 Å². The molecule has 3 aromatic rings. The van der Waals surface area contributed by atoms with Crippen molar-refractivity contribution in [2.24, 2.45) is 0 Å². The van der Waals surface area contributed by atoms with Crippen LogP contribution in [0.25, 0.3) is 11.1 Å². The number of hydrogen-bond donors (Lipinski definition) is 1. The van der Waals surface area contributed by atoms with E-state index in [-0.39, 0.29) is 12.3 Å². The standard InChI is InChI=1S/C22H22N2O4/c1-3-28-22(27)19-20(25)21(26)24(15(2)23-19)14-13-16-9-11-18(12-10-16)17-7-5-4-6-8-17/h4-12,25H,3,13-14H2,1-2H3. The fourth-order valence-electron chi connectivity index (χ4n) is 2.99. The summed E-state index contributed by atoms with van der Waals surface area (Å²) in [7, 11) is 0. The van der Waals surface area contributed by atoms with Crippen LogP contribution in [0.1, 0.15) is 28.8 Å². The maximum atomic E-state index is 12.4. The molecule has 3 rings (SSSR count). The van der Waals surface area contributed by atoms with Crippen LogP contribution in [0.3, 0.4) is 0 Å². The Morgan fingerprint density at radius 1 is 1.07 bits per heavy atom. The first kappa shape index (κ1) is 19.4. The summed E-state index contributed by atoms with van der Waals surface area (Å²) in [4.78, 5) is 28.3. The van der Waals surface area contributed by atoms with Crippen LogP contribution in [0.15, 0.2) is 59.4 Å². The molecule has 0 spiro atoms. The summed E-state index contributed by atoms with van der Waals surface area (Å²) in [6, 6.07) is 18.2. The highest BCUT2D eigenvalue weighted by molar-refractivity contribution is 5.89. The minimum Gasteiger partial charge on any atom is -0.501 e. The molecule has 1 heterocycles. The predicted octanol–water partition coefficient (Wildman–Crippen LogP) is 3.34. The molecule has 2 aromatic carbocycles. The molecule has 0 fully saturated rings. The Morgan fingerprint density at radius 2 is 1.71 bits per heavy atom. The number of benzene rings is 2. The first-order valence-electron chi connectivity index (χ1n) is 9.13. The van der Waals surface area contributed by atoms with Gasteiger partial charge in [0.25, 0.3) is 5.56 Å². The molecule has 0 aliphatic rings. The summed E-state index contributed by atoms with van der Waals surface area (Å²) in [5.41, 5.74) is 2.34. The van der Waals surface area contributed by atoms with Gasteiger partial charge in [-0.3, -0.25) is 9.36 Å². The molecular weight excluding hydrogens is 356 g/mol. The lowest BCUT2D eigenvalue weighted by Crippen LogP contribution is -2.27. The number of hydrogen-bond acceptors (Lipinski definition) is 5. The number of aryl methyl sites for hydroxylation is 2. The third-order valence-electron chi connectivity index (χ3n) is 4.49. The summed E-state index contributed by atoms with van der Waals surface area (Å²) in [6.07, 6.45) is 0.593. The lowest BCUT2D eigenvalue weighted by Gasteiger charge is -2.12. The normalized spacial score (nSPS) is 10.6. The zero-order valence-corrected chi connectivity index (χ0v) is 15.9. The van der Waals surface area contributed by atoms with Crippen LogP contribution in [-0.4, -0.2) is 27.2 Å². The zero-order valence-electron chi connectivity index (χ0n) is 15.9. The number of nitrogens with zero attached hydrogens (tertiary/aromatic N) is 2. The molecule has 0 amide bonds. The maximum absolute atomic E-state index is 12.4. The van der Waals surface area contributed by atoms with E-state index in [1.54, 1.807) is 13.8 Å². The number of esters is 1. The van der Waals surface area contributed by atoms with Gasteiger partial charge in [0.15, 0.2) is 5.69 Å². The van der Waals surface area contributed by atoms with E-state index in [0.29, 0.717) is 18.8 Å². The van der Waals surface area contributed by atoms with E-state index < -0.39 is 17.3 Å². The number of aromatic hydroxyl groups is 1. The third kappa shape index (κ3) is 4.11. The topological polar surface area (TPSA) is 81.4 Å². The number of aromatic nitrogens is 2.